The van der Waals surface area contributed by atoms with Crippen molar-refractivity contribution in [3.63, 3.8) is 0 Å². The molecular formula is C16H18N2O2. The molecule has 20 heavy (non-hydrogen) atoms. The molecule has 1 aromatic rings. The SMILES string of the molecule is Cc1ccc(C(=O)C2CC3COCC(C2)N3)c(C#N)c1. The smallest absolute Gasteiger partial charge is 0.167 e. The molecular weight excluding hydrogens is 252 g/mol. The molecule has 0 saturated carbocycles. The van der Waals surface area contributed by atoms with Crippen LogP contribution in [-0.4, -0.2) is 31.1 Å². The minimum Gasteiger partial charge on any atom is -0.378 e. The van der Waals surface area contributed by atoms with Crippen molar-refractivity contribution in [2.24, 2.45) is 5.92 Å². The number of ketones is 1. The third kappa shape index (κ3) is 2.47. The number of hydrogen-bond acceptors (Lipinski definition) is 4. The van der Waals surface area contributed by atoms with Gasteiger partial charge in [-0.25, -0.2) is 0 Å². The van der Waals surface area contributed by atoms with Crippen LogP contribution < -0.4 is 5.32 Å². The maximum atomic E-state index is 12.7. The van der Waals surface area contributed by atoms with Gasteiger partial charge in [-0.15, -0.1) is 0 Å². The Morgan fingerprint density at radius 2 is 2.05 bits per heavy atom. The zero-order valence-corrected chi connectivity index (χ0v) is 11.6. The van der Waals surface area contributed by atoms with Gasteiger partial charge in [0, 0.05) is 23.6 Å². The number of nitrogens with zero attached hydrogens (tertiary/aromatic N) is 1. The van der Waals surface area contributed by atoms with Gasteiger partial charge in [-0.1, -0.05) is 6.07 Å². The molecule has 2 heterocycles. The molecule has 0 aliphatic carbocycles. The van der Waals surface area contributed by atoms with E-state index in [9.17, 15) is 10.1 Å². The summed E-state index contributed by atoms with van der Waals surface area (Å²) in [5, 5.41) is 12.7. The van der Waals surface area contributed by atoms with Crippen molar-refractivity contribution in [2.75, 3.05) is 13.2 Å². The number of rotatable bonds is 2. The van der Waals surface area contributed by atoms with E-state index in [0.29, 0.717) is 24.3 Å². The quantitative estimate of drug-likeness (QED) is 0.833. The highest BCUT2D eigenvalue weighted by atomic mass is 16.5. The van der Waals surface area contributed by atoms with Crippen molar-refractivity contribution < 1.29 is 9.53 Å². The van der Waals surface area contributed by atoms with Crippen molar-refractivity contribution in [2.45, 2.75) is 31.8 Å². The van der Waals surface area contributed by atoms with Crippen molar-refractivity contribution in [3.8, 4) is 6.07 Å². The maximum absolute atomic E-state index is 12.7. The van der Waals surface area contributed by atoms with Gasteiger partial charge in [0.2, 0.25) is 0 Å². The maximum Gasteiger partial charge on any atom is 0.167 e. The summed E-state index contributed by atoms with van der Waals surface area (Å²) in [6.07, 6.45) is 1.60. The minimum absolute atomic E-state index is 0.00459. The van der Waals surface area contributed by atoms with E-state index in [1.807, 2.05) is 13.0 Å². The number of nitriles is 1. The average molecular weight is 270 g/mol. The first-order chi connectivity index (χ1) is 9.67. The van der Waals surface area contributed by atoms with Crippen molar-refractivity contribution in [1.29, 1.82) is 5.26 Å². The molecule has 2 aliphatic heterocycles. The Labute approximate surface area is 118 Å². The van der Waals surface area contributed by atoms with Gasteiger partial charge in [0.05, 0.1) is 24.8 Å². The molecule has 104 valence electrons. The topological polar surface area (TPSA) is 62.1 Å². The van der Waals surface area contributed by atoms with Crippen LogP contribution in [-0.2, 0) is 4.74 Å². The summed E-state index contributed by atoms with van der Waals surface area (Å²) in [4.78, 5) is 12.7. The Balaban J connectivity index is 1.84. The molecule has 2 unspecified atom stereocenters. The molecule has 4 heteroatoms. The van der Waals surface area contributed by atoms with Gasteiger partial charge >= 0.3 is 0 Å². The Morgan fingerprint density at radius 1 is 1.35 bits per heavy atom. The number of Topliss-reactive ketones (excluding diaryl/α,β-unsaturated/α-hetero) is 1. The monoisotopic (exact) mass is 270 g/mol. The number of hydrogen-bond donors (Lipinski definition) is 1. The molecule has 2 atom stereocenters. The zero-order valence-electron chi connectivity index (χ0n) is 11.6. The normalized spacial score (nSPS) is 28.7. The van der Waals surface area contributed by atoms with Crippen LogP contribution in [0.3, 0.4) is 0 Å². The van der Waals surface area contributed by atoms with E-state index in [-0.39, 0.29) is 23.8 Å². The molecule has 1 N–H and O–H groups in total. The summed E-state index contributed by atoms with van der Waals surface area (Å²) in [5.41, 5.74) is 2.08. The molecule has 0 spiro atoms. The number of aryl methyl sites for hydroxylation is 1. The van der Waals surface area contributed by atoms with E-state index in [2.05, 4.69) is 11.4 Å². The van der Waals surface area contributed by atoms with Crippen LogP contribution >= 0.6 is 0 Å². The summed E-state index contributed by atoms with van der Waals surface area (Å²) in [6.45, 7) is 3.29. The van der Waals surface area contributed by atoms with Crippen LogP contribution in [0.2, 0.25) is 0 Å². The highest BCUT2D eigenvalue weighted by molar-refractivity contribution is 6.00. The number of carbonyl (C=O) groups excluding carboxylic acids is 1. The number of ether oxygens (including phenoxy) is 1. The van der Waals surface area contributed by atoms with Crippen LogP contribution in [0, 0.1) is 24.2 Å². The van der Waals surface area contributed by atoms with E-state index in [1.165, 1.54) is 0 Å². The standard InChI is InChI=1S/C16H18N2O2/c1-10-2-3-15(12(4-10)7-17)16(19)11-5-13-8-20-9-14(6-11)18-13/h2-4,11,13-14,18H,5-6,8-9H2,1H3. The van der Waals surface area contributed by atoms with Gasteiger partial charge in [0.1, 0.15) is 0 Å². The van der Waals surface area contributed by atoms with E-state index >= 15 is 0 Å². The molecule has 1 aromatic carbocycles. The Bertz CT molecular complexity index is 564. The lowest BCUT2D eigenvalue weighted by atomic mass is 9.81. The molecule has 0 radical (unpaired) electrons. The molecule has 2 saturated heterocycles. The Morgan fingerprint density at radius 3 is 2.70 bits per heavy atom. The van der Waals surface area contributed by atoms with Gasteiger partial charge in [-0.2, -0.15) is 5.26 Å². The van der Waals surface area contributed by atoms with Gasteiger partial charge < -0.3 is 10.1 Å². The van der Waals surface area contributed by atoms with Gasteiger partial charge in [0.15, 0.2) is 5.78 Å². The van der Waals surface area contributed by atoms with E-state index in [0.717, 1.165) is 18.4 Å². The van der Waals surface area contributed by atoms with Crippen LogP contribution in [0.1, 0.15) is 34.3 Å². The number of benzene rings is 1. The van der Waals surface area contributed by atoms with Crippen molar-refractivity contribution in [1.82, 2.24) is 5.32 Å². The number of nitrogens with one attached hydrogen (secondary N) is 1. The summed E-state index contributed by atoms with van der Waals surface area (Å²) in [6, 6.07) is 8.18. The molecule has 0 amide bonds. The second kappa shape index (κ2) is 5.35. The fourth-order valence-electron chi connectivity index (χ4n) is 3.24. The number of piperidine rings is 1. The van der Waals surface area contributed by atoms with Gasteiger partial charge in [-0.05, 0) is 37.5 Å². The molecule has 0 aromatic heterocycles. The highest BCUT2D eigenvalue weighted by Crippen LogP contribution is 2.28. The third-order valence-electron chi connectivity index (χ3n) is 4.18. The predicted octanol–water partition coefficient (Wildman–Crippen LogP) is 1.82. The molecule has 2 bridgehead atoms. The molecule has 2 fully saturated rings. The molecule has 3 rings (SSSR count). The van der Waals surface area contributed by atoms with E-state index in [4.69, 9.17) is 4.74 Å². The summed E-state index contributed by atoms with van der Waals surface area (Å²) < 4.78 is 5.50. The zero-order chi connectivity index (χ0) is 14.1. The predicted molar refractivity (Wildman–Crippen MR) is 74.5 cm³/mol. The fourth-order valence-corrected chi connectivity index (χ4v) is 3.24. The van der Waals surface area contributed by atoms with E-state index < -0.39 is 0 Å². The van der Waals surface area contributed by atoms with Gasteiger partial charge in [0.25, 0.3) is 0 Å². The minimum atomic E-state index is 0.00459. The van der Waals surface area contributed by atoms with Crippen molar-refractivity contribution in [3.05, 3.63) is 34.9 Å². The van der Waals surface area contributed by atoms with Crippen LogP contribution in [0.15, 0.2) is 18.2 Å². The van der Waals surface area contributed by atoms with Crippen molar-refractivity contribution >= 4 is 5.78 Å². The Kier molecular flexibility index (Phi) is 3.56. The lowest BCUT2D eigenvalue weighted by Gasteiger charge is -2.39. The first-order valence-corrected chi connectivity index (χ1v) is 7.06. The second-order valence-corrected chi connectivity index (χ2v) is 5.79. The summed E-state index contributed by atoms with van der Waals surface area (Å²) in [7, 11) is 0. The first-order valence-electron chi connectivity index (χ1n) is 7.06. The van der Waals surface area contributed by atoms with Crippen LogP contribution in [0.5, 0.6) is 0 Å². The molecule has 4 nitrogen and oxygen atoms in total. The largest absolute Gasteiger partial charge is 0.378 e. The fraction of sp³-hybridized carbons (Fsp3) is 0.500. The summed E-state index contributed by atoms with van der Waals surface area (Å²) in [5.74, 6) is 0.116. The lowest BCUT2D eigenvalue weighted by molar-refractivity contribution is 0.00952. The average Bonchev–Trinajstić information content (AvgIpc) is 2.46. The van der Waals surface area contributed by atoms with Gasteiger partial charge in [-0.3, -0.25) is 4.79 Å². The second-order valence-electron chi connectivity index (χ2n) is 5.79. The molecule has 2 aliphatic rings. The third-order valence-corrected chi connectivity index (χ3v) is 4.18. The number of carbonyl (C=O) groups is 1. The lowest BCUT2D eigenvalue weighted by Crippen LogP contribution is -2.55. The van der Waals surface area contributed by atoms with Crippen LogP contribution in [0.25, 0.3) is 0 Å². The first kappa shape index (κ1) is 13.3. The van der Waals surface area contributed by atoms with E-state index in [1.54, 1.807) is 12.1 Å². The Hall–Kier alpha value is -1.70. The highest BCUT2D eigenvalue weighted by Gasteiger charge is 2.36. The number of morpholine rings is 1. The van der Waals surface area contributed by atoms with Crippen LogP contribution in [0.4, 0.5) is 0 Å². The number of fused-ring (bicyclic) bond motifs is 2. The summed E-state index contributed by atoms with van der Waals surface area (Å²) >= 11 is 0.